The number of aromatic nitrogens is 1. The predicted octanol–water partition coefficient (Wildman–Crippen LogP) is 8.20. The molecular formula is C33H27Cl3N2O4. The van der Waals surface area contributed by atoms with Gasteiger partial charge in [0.25, 0.3) is 0 Å². The molecule has 6 nitrogen and oxygen atoms in total. The molecule has 0 bridgehead atoms. The minimum absolute atomic E-state index is 0.214. The molecule has 6 rings (SSSR count). The highest BCUT2D eigenvalue weighted by atomic mass is 35.5. The van der Waals surface area contributed by atoms with Gasteiger partial charge in [0.2, 0.25) is 0 Å². The van der Waals surface area contributed by atoms with Crippen LogP contribution in [0.25, 0.3) is 11.3 Å². The van der Waals surface area contributed by atoms with Gasteiger partial charge < -0.3 is 19.3 Å². The summed E-state index contributed by atoms with van der Waals surface area (Å²) in [6, 6.07) is 16.8. The number of nitrogens with one attached hydrogen (secondary N) is 1. The quantitative estimate of drug-likeness (QED) is 0.150. The second-order valence-corrected chi connectivity index (χ2v) is 11.7. The summed E-state index contributed by atoms with van der Waals surface area (Å²) >= 11 is 19.6. The van der Waals surface area contributed by atoms with Gasteiger partial charge in [-0.3, -0.25) is 0 Å². The van der Waals surface area contributed by atoms with E-state index in [2.05, 4.69) is 22.3 Å². The maximum absolute atomic E-state index is 12.2. The smallest absolute Gasteiger partial charge is 0.337 e. The Bertz CT molecular complexity index is 1690. The number of rotatable bonds is 9. The summed E-state index contributed by atoms with van der Waals surface area (Å²) in [5.74, 6) is 7.56. The lowest BCUT2D eigenvalue weighted by atomic mass is 10.0. The highest BCUT2D eigenvalue weighted by Crippen LogP contribution is 2.46. The predicted molar refractivity (Wildman–Crippen MR) is 163 cm³/mol. The van der Waals surface area contributed by atoms with Crippen LogP contribution in [0.1, 0.15) is 70.0 Å². The van der Waals surface area contributed by atoms with E-state index in [1.54, 1.807) is 30.3 Å². The van der Waals surface area contributed by atoms with E-state index in [0.29, 0.717) is 67.3 Å². The van der Waals surface area contributed by atoms with Crippen molar-refractivity contribution in [2.45, 2.75) is 50.8 Å². The van der Waals surface area contributed by atoms with E-state index in [-0.39, 0.29) is 6.61 Å². The standard InChI is InChI=1S/C33H27Cl3N2O4/c1-40-33(39)23-14-19(13-20(15-23)17-37-24-10-11-24)5-6-21-9-12-25(16-29(21)36)41-18-26-31(38-42-32(26)22-7-8-22)30-27(34)3-2-4-28(30)35/h2-4,9,12-16,22,24,37H,7-8,10-11,17-18H2,1H3. The summed E-state index contributed by atoms with van der Waals surface area (Å²) in [7, 11) is 1.37. The molecule has 2 aliphatic carbocycles. The van der Waals surface area contributed by atoms with Crippen molar-refractivity contribution in [1.82, 2.24) is 10.5 Å². The van der Waals surface area contributed by atoms with Gasteiger partial charge in [-0.2, -0.15) is 0 Å². The first-order valence-electron chi connectivity index (χ1n) is 13.7. The zero-order valence-corrected chi connectivity index (χ0v) is 25.1. The fourth-order valence-electron chi connectivity index (χ4n) is 4.68. The van der Waals surface area contributed by atoms with Gasteiger partial charge in [0.05, 0.1) is 33.3 Å². The molecule has 2 fully saturated rings. The first kappa shape index (κ1) is 28.6. The summed E-state index contributed by atoms with van der Waals surface area (Å²) in [4.78, 5) is 12.2. The molecule has 0 saturated heterocycles. The summed E-state index contributed by atoms with van der Waals surface area (Å²) in [5.41, 5.74) is 4.81. The Morgan fingerprint density at radius 1 is 1.00 bits per heavy atom. The molecule has 2 aliphatic rings. The Morgan fingerprint density at radius 2 is 1.79 bits per heavy atom. The van der Waals surface area contributed by atoms with E-state index >= 15 is 0 Å². The van der Waals surface area contributed by atoms with Crippen molar-refractivity contribution >= 4 is 40.8 Å². The van der Waals surface area contributed by atoms with Crippen LogP contribution >= 0.6 is 34.8 Å². The normalized spacial score (nSPS) is 14.3. The van der Waals surface area contributed by atoms with Gasteiger partial charge in [0.15, 0.2) is 0 Å². The van der Waals surface area contributed by atoms with Gasteiger partial charge in [-0.15, -0.1) is 0 Å². The van der Waals surface area contributed by atoms with Crippen molar-refractivity contribution in [1.29, 1.82) is 0 Å². The summed E-state index contributed by atoms with van der Waals surface area (Å²) in [5, 5.41) is 9.22. The van der Waals surface area contributed by atoms with Crippen LogP contribution in [0.5, 0.6) is 5.75 Å². The average molecular weight is 622 g/mol. The first-order chi connectivity index (χ1) is 20.4. The van der Waals surface area contributed by atoms with Gasteiger partial charge >= 0.3 is 5.97 Å². The van der Waals surface area contributed by atoms with E-state index in [4.69, 9.17) is 48.8 Å². The minimum Gasteiger partial charge on any atom is -0.489 e. The van der Waals surface area contributed by atoms with E-state index in [9.17, 15) is 4.79 Å². The van der Waals surface area contributed by atoms with Gasteiger partial charge in [-0.05, 0) is 73.7 Å². The number of methoxy groups -OCH3 is 1. The third kappa shape index (κ3) is 6.61. The molecule has 0 unspecified atom stereocenters. The number of benzene rings is 3. The number of carbonyl (C=O) groups excluding carboxylic acids is 1. The molecule has 0 radical (unpaired) electrons. The monoisotopic (exact) mass is 620 g/mol. The molecule has 0 aliphatic heterocycles. The lowest BCUT2D eigenvalue weighted by Gasteiger charge is -2.10. The molecule has 0 atom stereocenters. The maximum Gasteiger partial charge on any atom is 0.337 e. The minimum atomic E-state index is -0.400. The molecule has 4 aromatic rings. The number of ether oxygens (including phenoxy) is 2. The topological polar surface area (TPSA) is 73.6 Å². The van der Waals surface area contributed by atoms with Crippen LogP contribution in [0, 0.1) is 11.8 Å². The Labute approximate surface area is 259 Å². The molecule has 1 N–H and O–H groups in total. The summed E-state index contributed by atoms with van der Waals surface area (Å²) < 4.78 is 16.8. The Balaban J connectivity index is 1.21. The third-order valence-electron chi connectivity index (χ3n) is 7.22. The van der Waals surface area contributed by atoms with Crippen molar-refractivity contribution in [2.75, 3.05) is 7.11 Å². The summed E-state index contributed by atoms with van der Waals surface area (Å²) in [6.45, 7) is 0.877. The largest absolute Gasteiger partial charge is 0.489 e. The van der Waals surface area contributed by atoms with Crippen molar-refractivity contribution in [2.24, 2.45) is 0 Å². The van der Waals surface area contributed by atoms with Crippen LogP contribution < -0.4 is 10.1 Å². The molecule has 0 amide bonds. The second-order valence-electron chi connectivity index (χ2n) is 10.5. The van der Waals surface area contributed by atoms with E-state index in [1.807, 2.05) is 24.3 Å². The Hall–Kier alpha value is -3.47. The first-order valence-corrected chi connectivity index (χ1v) is 14.9. The van der Waals surface area contributed by atoms with Crippen LogP contribution in [0.4, 0.5) is 0 Å². The lowest BCUT2D eigenvalue weighted by molar-refractivity contribution is 0.0600. The fourth-order valence-corrected chi connectivity index (χ4v) is 5.48. The molecular weight excluding hydrogens is 595 g/mol. The SMILES string of the molecule is COC(=O)c1cc(C#Cc2ccc(OCc3c(-c4c(Cl)cccc4Cl)noc3C3CC3)cc2Cl)cc(CNC2CC2)c1. The van der Waals surface area contributed by atoms with Crippen LogP contribution in [0.15, 0.2) is 59.1 Å². The molecule has 9 heteroatoms. The highest BCUT2D eigenvalue weighted by Gasteiger charge is 2.33. The van der Waals surface area contributed by atoms with Gasteiger partial charge in [-0.25, -0.2) is 4.79 Å². The van der Waals surface area contributed by atoms with Crippen LogP contribution in [0.3, 0.4) is 0 Å². The number of carbonyl (C=O) groups is 1. The zero-order chi connectivity index (χ0) is 29.2. The van der Waals surface area contributed by atoms with Crippen LogP contribution in [-0.2, 0) is 17.9 Å². The van der Waals surface area contributed by atoms with Crippen molar-refractivity contribution in [3.8, 4) is 28.8 Å². The van der Waals surface area contributed by atoms with E-state index < -0.39 is 5.97 Å². The Morgan fingerprint density at radius 3 is 2.48 bits per heavy atom. The van der Waals surface area contributed by atoms with E-state index in [1.165, 1.54) is 20.0 Å². The van der Waals surface area contributed by atoms with Gasteiger partial charge in [0.1, 0.15) is 23.8 Å². The number of esters is 1. The molecule has 3 aromatic carbocycles. The van der Waals surface area contributed by atoms with Gasteiger partial charge in [-0.1, -0.05) is 57.9 Å². The second kappa shape index (κ2) is 12.4. The molecule has 1 heterocycles. The molecule has 214 valence electrons. The number of nitrogens with zero attached hydrogens (tertiary/aromatic N) is 1. The highest BCUT2D eigenvalue weighted by molar-refractivity contribution is 6.39. The van der Waals surface area contributed by atoms with Gasteiger partial charge in [0, 0.05) is 41.3 Å². The van der Waals surface area contributed by atoms with E-state index in [0.717, 1.165) is 29.7 Å². The van der Waals surface area contributed by atoms with Crippen LogP contribution in [-0.4, -0.2) is 24.3 Å². The molecule has 1 aromatic heterocycles. The van der Waals surface area contributed by atoms with Crippen molar-refractivity contribution in [3.05, 3.63) is 103 Å². The Kier molecular flexibility index (Phi) is 8.46. The van der Waals surface area contributed by atoms with Crippen LogP contribution in [0.2, 0.25) is 15.1 Å². The lowest BCUT2D eigenvalue weighted by Crippen LogP contribution is -2.16. The molecule has 42 heavy (non-hydrogen) atoms. The maximum atomic E-state index is 12.2. The fraction of sp³-hybridized carbons (Fsp3) is 0.273. The molecule has 0 spiro atoms. The van der Waals surface area contributed by atoms with Crippen molar-refractivity contribution in [3.63, 3.8) is 0 Å². The number of halogens is 3. The number of hydrogen-bond donors (Lipinski definition) is 1. The third-order valence-corrected chi connectivity index (χ3v) is 8.16. The van der Waals surface area contributed by atoms with Crippen molar-refractivity contribution < 1.29 is 18.8 Å². The molecule has 2 saturated carbocycles. The average Bonchev–Trinajstić information content (AvgIpc) is 3.93. The summed E-state index contributed by atoms with van der Waals surface area (Å²) in [6.07, 6.45) is 4.44. The zero-order valence-electron chi connectivity index (χ0n) is 22.8. The number of hydrogen-bond acceptors (Lipinski definition) is 6.